The van der Waals surface area contributed by atoms with Gasteiger partial charge in [-0.2, -0.15) is 36.6 Å². The molecule has 0 radical (unpaired) electrons. The molecule has 0 unspecified atom stereocenters. The van der Waals surface area contributed by atoms with Crippen LogP contribution < -0.4 is 0 Å². The molecule has 150 valence electrons. The molecule has 3 rings (SSSR count). The van der Waals surface area contributed by atoms with Gasteiger partial charge in [0.05, 0.1) is 11.4 Å². The largest absolute Gasteiger partial charge is 0.456 e. The molecule has 0 bridgehead atoms. The lowest BCUT2D eigenvalue weighted by molar-refractivity contribution is -0.142. The van der Waals surface area contributed by atoms with Crippen LogP contribution >= 0.6 is 0 Å². The van der Waals surface area contributed by atoms with Crippen LogP contribution in [0.4, 0.5) is 37.7 Å². The summed E-state index contributed by atoms with van der Waals surface area (Å²) in [6, 6.07) is 14.0. The Morgan fingerprint density at radius 1 is 0.828 bits per heavy atom. The van der Waals surface area contributed by atoms with Crippen LogP contribution in [0.25, 0.3) is 5.69 Å². The highest BCUT2D eigenvalue weighted by atomic mass is 19.4. The van der Waals surface area contributed by atoms with Crippen LogP contribution in [0.15, 0.2) is 70.9 Å². The third kappa shape index (κ3) is 4.33. The van der Waals surface area contributed by atoms with Gasteiger partial charge in [0.2, 0.25) is 0 Å². The number of hydrogen-bond acceptors (Lipinski definition) is 4. The third-order valence-electron chi connectivity index (χ3n) is 3.62. The summed E-state index contributed by atoms with van der Waals surface area (Å²) in [5.74, 6) is -2.56. The number of para-hydroxylation sites is 1. The van der Waals surface area contributed by atoms with Crippen LogP contribution in [0, 0.1) is 0 Å². The first-order valence-electron chi connectivity index (χ1n) is 7.93. The maximum atomic E-state index is 13.7. The molecule has 0 aliphatic heterocycles. The number of rotatable bonds is 4. The van der Waals surface area contributed by atoms with Crippen LogP contribution in [0.3, 0.4) is 0 Å². The Balaban J connectivity index is 2.28. The Bertz CT molecular complexity index is 1040. The standard InChI is InChI=1S/C18H10F6N4O/c19-17(20,21)15-13(26-25-11-7-3-1-4-8-11)14(16(29)18(22,23)24)27-28(15)12-9-5-2-6-10-12/h1-10H. The lowest BCUT2D eigenvalue weighted by atomic mass is 10.2. The van der Waals surface area contributed by atoms with Crippen molar-refractivity contribution in [2.75, 3.05) is 0 Å². The molecule has 0 atom stereocenters. The predicted octanol–water partition coefficient (Wildman–Crippen LogP) is 6.05. The number of hydrogen-bond donors (Lipinski definition) is 0. The summed E-state index contributed by atoms with van der Waals surface area (Å²) in [6.45, 7) is 0. The van der Waals surface area contributed by atoms with Crippen molar-refractivity contribution in [1.29, 1.82) is 0 Å². The second-order valence-corrected chi connectivity index (χ2v) is 5.65. The molecule has 1 heterocycles. The first kappa shape index (κ1) is 20.2. The number of ketones is 1. The monoisotopic (exact) mass is 412 g/mol. The van der Waals surface area contributed by atoms with E-state index in [0.29, 0.717) is 0 Å². The molecule has 0 amide bonds. The highest BCUT2D eigenvalue weighted by Crippen LogP contribution is 2.42. The Kier molecular flexibility index (Phi) is 5.23. The SMILES string of the molecule is O=C(c1nn(-c2ccccc2)c(C(F)(F)F)c1N=Nc1ccccc1)C(F)(F)F. The van der Waals surface area contributed by atoms with Crippen LogP contribution in [0.5, 0.6) is 0 Å². The van der Waals surface area contributed by atoms with E-state index in [0.717, 1.165) is 0 Å². The molecule has 0 fully saturated rings. The minimum Gasteiger partial charge on any atom is -0.282 e. The van der Waals surface area contributed by atoms with E-state index < -0.39 is 35.2 Å². The summed E-state index contributed by atoms with van der Waals surface area (Å²) in [5, 5.41) is 10.2. The molecular weight excluding hydrogens is 402 g/mol. The Morgan fingerprint density at radius 3 is 1.90 bits per heavy atom. The van der Waals surface area contributed by atoms with Crippen LogP contribution in [0.2, 0.25) is 0 Å². The number of alkyl halides is 6. The number of nitrogens with zero attached hydrogens (tertiary/aromatic N) is 4. The zero-order valence-electron chi connectivity index (χ0n) is 14.2. The van der Waals surface area contributed by atoms with Crippen molar-refractivity contribution in [3.63, 3.8) is 0 Å². The van der Waals surface area contributed by atoms with E-state index in [2.05, 4.69) is 15.3 Å². The molecular formula is C18H10F6N4O. The molecule has 11 heteroatoms. The number of carbonyl (C=O) groups is 1. The van der Waals surface area contributed by atoms with Crippen molar-refractivity contribution in [1.82, 2.24) is 9.78 Å². The van der Waals surface area contributed by atoms with Gasteiger partial charge >= 0.3 is 12.4 Å². The van der Waals surface area contributed by atoms with E-state index in [1.165, 1.54) is 54.6 Å². The minimum absolute atomic E-state index is 0.0819. The molecule has 0 spiro atoms. The maximum absolute atomic E-state index is 13.7. The van der Waals surface area contributed by atoms with Crippen molar-refractivity contribution in [2.45, 2.75) is 12.4 Å². The normalized spacial score (nSPS) is 12.5. The fourth-order valence-electron chi connectivity index (χ4n) is 2.40. The van der Waals surface area contributed by atoms with Gasteiger partial charge in [0, 0.05) is 0 Å². The van der Waals surface area contributed by atoms with Gasteiger partial charge in [-0.1, -0.05) is 36.4 Å². The smallest absolute Gasteiger partial charge is 0.282 e. The van der Waals surface area contributed by atoms with Gasteiger partial charge in [0.15, 0.2) is 11.4 Å². The van der Waals surface area contributed by atoms with Crippen LogP contribution in [-0.2, 0) is 6.18 Å². The van der Waals surface area contributed by atoms with Crippen molar-refractivity contribution in [3.8, 4) is 5.69 Å². The average molecular weight is 412 g/mol. The highest BCUT2D eigenvalue weighted by molar-refractivity contribution is 6.03. The molecule has 0 N–H and O–H groups in total. The zero-order valence-corrected chi connectivity index (χ0v) is 14.2. The van der Waals surface area contributed by atoms with E-state index in [1.807, 2.05) is 0 Å². The summed E-state index contributed by atoms with van der Waals surface area (Å²) in [6.07, 6.45) is -10.6. The molecule has 0 saturated carbocycles. The Morgan fingerprint density at radius 2 is 1.38 bits per heavy atom. The van der Waals surface area contributed by atoms with Gasteiger partial charge in [-0.25, -0.2) is 4.68 Å². The van der Waals surface area contributed by atoms with E-state index >= 15 is 0 Å². The van der Waals surface area contributed by atoms with Gasteiger partial charge < -0.3 is 0 Å². The van der Waals surface area contributed by atoms with Crippen molar-refractivity contribution >= 4 is 17.2 Å². The zero-order chi connectivity index (χ0) is 21.2. The Labute approximate surface area is 159 Å². The quantitative estimate of drug-likeness (QED) is 0.298. The topological polar surface area (TPSA) is 59.6 Å². The number of benzene rings is 2. The molecule has 2 aromatic carbocycles. The second kappa shape index (κ2) is 7.49. The molecule has 0 saturated heterocycles. The second-order valence-electron chi connectivity index (χ2n) is 5.65. The fourth-order valence-corrected chi connectivity index (χ4v) is 2.40. The van der Waals surface area contributed by atoms with Crippen molar-refractivity contribution in [3.05, 3.63) is 72.1 Å². The number of halogens is 6. The van der Waals surface area contributed by atoms with Crippen molar-refractivity contribution in [2.24, 2.45) is 10.2 Å². The molecule has 29 heavy (non-hydrogen) atoms. The van der Waals surface area contributed by atoms with Gasteiger partial charge in [-0.05, 0) is 24.3 Å². The average Bonchev–Trinajstić information content (AvgIpc) is 3.06. The van der Waals surface area contributed by atoms with Crippen LogP contribution in [0.1, 0.15) is 16.2 Å². The molecule has 0 aliphatic rings. The van der Waals surface area contributed by atoms with Gasteiger partial charge in [0.1, 0.15) is 5.69 Å². The molecule has 5 nitrogen and oxygen atoms in total. The van der Waals surface area contributed by atoms with E-state index in [4.69, 9.17) is 0 Å². The number of carbonyl (C=O) groups excluding carboxylic acids is 1. The summed E-state index contributed by atoms with van der Waals surface area (Å²) in [4.78, 5) is 11.8. The lowest BCUT2D eigenvalue weighted by Crippen LogP contribution is -2.23. The van der Waals surface area contributed by atoms with E-state index in [-0.39, 0.29) is 16.1 Å². The predicted molar refractivity (Wildman–Crippen MR) is 89.6 cm³/mol. The van der Waals surface area contributed by atoms with Gasteiger partial charge in [-0.15, -0.1) is 5.11 Å². The van der Waals surface area contributed by atoms with Gasteiger partial charge in [0.25, 0.3) is 5.78 Å². The molecule has 1 aromatic heterocycles. The summed E-state index contributed by atoms with van der Waals surface area (Å²) in [5.41, 5.74) is -4.56. The number of aromatic nitrogens is 2. The van der Waals surface area contributed by atoms with E-state index in [1.54, 1.807) is 6.07 Å². The van der Waals surface area contributed by atoms with Crippen LogP contribution in [-0.4, -0.2) is 21.7 Å². The summed E-state index contributed by atoms with van der Waals surface area (Å²) in [7, 11) is 0. The van der Waals surface area contributed by atoms with E-state index in [9.17, 15) is 31.1 Å². The summed E-state index contributed by atoms with van der Waals surface area (Å²) < 4.78 is 80.3. The fraction of sp³-hybridized carbons (Fsp3) is 0.111. The third-order valence-corrected chi connectivity index (χ3v) is 3.62. The molecule has 0 aliphatic carbocycles. The lowest BCUT2D eigenvalue weighted by Gasteiger charge is -2.10. The van der Waals surface area contributed by atoms with Gasteiger partial charge in [-0.3, -0.25) is 4.79 Å². The maximum Gasteiger partial charge on any atom is 0.456 e. The highest BCUT2D eigenvalue weighted by Gasteiger charge is 2.48. The first-order valence-corrected chi connectivity index (χ1v) is 7.93. The Hall–Kier alpha value is -3.50. The first-order chi connectivity index (χ1) is 13.6. The summed E-state index contributed by atoms with van der Waals surface area (Å²) >= 11 is 0. The number of Topliss-reactive ketones (excluding diaryl/α,β-unsaturated/α-hetero) is 1. The minimum atomic E-state index is -5.45. The molecule has 3 aromatic rings. The van der Waals surface area contributed by atoms with Crippen molar-refractivity contribution < 1.29 is 31.1 Å². The number of azo groups is 1.